The van der Waals surface area contributed by atoms with E-state index in [1.54, 1.807) is 24.3 Å². The van der Waals surface area contributed by atoms with Crippen molar-refractivity contribution >= 4 is 23.6 Å². The zero-order chi connectivity index (χ0) is 23.9. The van der Waals surface area contributed by atoms with Crippen LogP contribution in [-0.2, 0) is 14.3 Å². The molecule has 0 saturated carbocycles. The van der Waals surface area contributed by atoms with Crippen molar-refractivity contribution in [1.29, 1.82) is 0 Å². The number of fused-ring (bicyclic) bond motifs is 1. The number of nitrogens with two attached hydrogens (primary N) is 1. The van der Waals surface area contributed by atoms with Crippen LogP contribution in [0.1, 0.15) is 78.5 Å². The van der Waals surface area contributed by atoms with E-state index in [0.717, 1.165) is 51.4 Å². The molecule has 0 fully saturated rings. The van der Waals surface area contributed by atoms with Crippen LogP contribution in [0.15, 0.2) is 36.4 Å². The van der Waals surface area contributed by atoms with Crippen molar-refractivity contribution in [1.82, 2.24) is 10.2 Å². The lowest BCUT2D eigenvalue weighted by Gasteiger charge is -2.13. The molecule has 0 spiro atoms. The standard InChI is InChI=1S/C25H35N3O5/c26-22(29)23(30)27-16-12-8-6-4-2-1-3-5-7-9-13-18-33-19-17-28-24(31)20-14-10-11-15-21(20)25(28)32/h2,4,10-11,14-15H,1,3,5-9,12-13,16-19H2,(H2,26,29)(H,27,30)/b4-2-. The number of carbonyl (C=O) groups is 4. The number of carbonyl (C=O) groups excluding carboxylic acids is 4. The second kappa shape index (κ2) is 14.9. The Labute approximate surface area is 195 Å². The van der Waals surface area contributed by atoms with Gasteiger partial charge in [0.2, 0.25) is 0 Å². The quantitative estimate of drug-likeness (QED) is 0.171. The van der Waals surface area contributed by atoms with Gasteiger partial charge in [0.15, 0.2) is 0 Å². The highest BCUT2D eigenvalue weighted by molar-refractivity contribution is 6.34. The summed E-state index contributed by atoms with van der Waals surface area (Å²) in [6.45, 7) is 1.78. The van der Waals surface area contributed by atoms with Crippen molar-refractivity contribution in [3.8, 4) is 0 Å². The largest absolute Gasteiger partial charge is 0.380 e. The molecular formula is C25H35N3O5. The summed E-state index contributed by atoms with van der Waals surface area (Å²) in [5.41, 5.74) is 5.81. The highest BCUT2D eigenvalue weighted by Gasteiger charge is 2.34. The van der Waals surface area contributed by atoms with Crippen LogP contribution in [0.2, 0.25) is 0 Å². The number of amides is 4. The number of hydrogen-bond acceptors (Lipinski definition) is 5. The maximum Gasteiger partial charge on any atom is 0.309 e. The molecule has 1 aromatic rings. The molecule has 0 bridgehead atoms. The summed E-state index contributed by atoms with van der Waals surface area (Å²) in [4.78, 5) is 47.3. The topological polar surface area (TPSA) is 119 Å². The van der Waals surface area contributed by atoms with Crippen molar-refractivity contribution in [3.63, 3.8) is 0 Å². The molecule has 180 valence electrons. The van der Waals surface area contributed by atoms with E-state index in [9.17, 15) is 19.2 Å². The molecular weight excluding hydrogens is 422 g/mol. The van der Waals surface area contributed by atoms with Crippen molar-refractivity contribution in [2.24, 2.45) is 5.73 Å². The fourth-order valence-corrected chi connectivity index (χ4v) is 3.61. The van der Waals surface area contributed by atoms with Crippen LogP contribution in [-0.4, -0.2) is 54.8 Å². The fourth-order valence-electron chi connectivity index (χ4n) is 3.61. The molecule has 0 unspecified atom stereocenters. The van der Waals surface area contributed by atoms with Gasteiger partial charge in [-0.3, -0.25) is 24.1 Å². The van der Waals surface area contributed by atoms with E-state index in [4.69, 9.17) is 10.5 Å². The molecule has 8 nitrogen and oxygen atoms in total. The van der Waals surface area contributed by atoms with Gasteiger partial charge in [0.05, 0.1) is 24.3 Å². The highest BCUT2D eigenvalue weighted by atomic mass is 16.5. The van der Waals surface area contributed by atoms with E-state index in [1.165, 1.54) is 11.3 Å². The Hall–Kier alpha value is -3.00. The van der Waals surface area contributed by atoms with E-state index in [0.29, 0.717) is 37.4 Å². The predicted octanol–water partition coefficient (Wildman–Crippen LogP) is 2.97. The number of rotatable bonds is 16. The first-order valence-corrected chi connectivity index (χ1v) is 11.8. The Balaban J connectivity index is 1.36. The van der Waals surface area contributed by atoms with Gasteiger partial charge >= 0.3 is 11.8 Å². The first-order valence-electron chi connectivity index (χ1n) is 11.8. The van der Waals surface area contributed by atoms with E-state index in [2.05, 4.69) is 17.5 Å². The third kappa shape index (κ3) is 9.18. The van der Waals surface area contributed by atoms with Gasteiger partial charge < -0.3 is 15.8 Å². The van der Waals surface area contributed by atoms with E-state index in [-0.39, 0.29) is 11.8 Å². The predicted molar refractivity (Wildman–Crippen MR) is 126 cm³/mol. The van der Waals surface area contributed by atoms with E-state index >= 15 is 0 Å². The minimum Gasteiger partial charge on any atom is -0.380 e. The first-order chi connectivity index (χ1) is 16.0. The van der Waals surface area contributed by atoms with Crippen LogP contribution >= 0.6 is 0 Å². The molecule has 1 aromatic carbocycles. The van der Waals surface area contributed by atoms with Crippen LogP contribution in [0.4, 0.5) is 0 Å². The Bertz CT molecular complexity index is 802. The number of nitrogens with zero attached hydrogens (tertiary/aromatic N) is 1. The van der Waals surface area contributed by atoms with Crippen molar-refractivity contribution in [3.05, 3.63) is 47.5 Å². The molecule has 3 N–H and O–H groups in total. The van der Waals surface area contributed by atoms with E-state index < -0.39 is 11.8 Å². The van der Waals surface area contributed by atoms with Gasteiger partial charge in [-0.2, -0.15) is 0 Å². The number of ether oxygens (including phenoxy) is 1. The summed E-state index contributed by atoms with van der Waals surface area (Å²) in [5.74, 6) is -2.13. The molecule has 4 amide bonds. The van der Waals surface area contributed by atoms with Crippen LogP contribution in [0.25, 0.3) is 0 Å². The van der Waals surface area contributed by atoms with Gasteiger partial charge in [-0.25, -0.2) is 0 Å². The third-order valence-electron chi connectivity index (χ3n) is 5.47. The summed E-state index contributed by atoms with van der Waals surface area (Å²) in [6.07, 6.45) is 13.8. The second-order valence-corrected chi connectivity index (χ2v) is 8.06. The van der Waals surface area contributed by atoms with Crippen molar-refractivity contribution in [2.45, 2.75) is 57.8 Å². The fraction of sp³-hybridized carbons (Fsp3) is 0.520. The van der Waals surface area contributed by atoms with Gasteiger partial charge in [-0.05, 0) is 50.7 Å². The summed E-state index contributed by atoms with van der Waals surface area (Å²) < 4.78 is 5.61. The Morgan fingerprint density at radius 3 is 2.06 bits per heavy atom. The smallest absolute Gasteiger partial charge is 0.309 e. The summed E-state index contributed by atoms with van der Waals surface area (Å²) in [6, 6.07) is 6.90. The number of hydrogen-bond donors (Lipinski definition) is 2. The Morgan fingerprint density at radius 2 is 1.42 bits per heavy atom. The maximum absolute atomic E-state index is 12.3. The minimum atomic E-state index is -0.943. The molecule has 8 heteroatoms. The molecule has 0 aromatic heterocycles. The average molecular weight is 458 g/mol. The molecule has 0 aliphatic carbocycles. The molecule has 1 heterocycles. The number of nitrogens with one attached hydrogen (secondary N) is 1. The molecule has 1 aliphatic rings. The Kier molecular flexibility index (Phi) is 11.9. The molecule has 2 rings (SSSR count). The highest BCUT2D eigenvalue weighted by Crippen LogP contribution is 2.21. The lowest BCUT2D eigenvalue weighted by atomic mass is 10.1. The van der Waals surface area contributed by atoms with Crippen LogP contribution in [0.5, 0.6) is 0 Å². The summed E-state index contributed by atoms with van der Waals surface area (Å²) >= 11 is 0. The zero-order valence-electron chi connectivity index (χ0n) is 19.2. The maximum atomic E-state index is 12.3. The normalized spacial score (nSPS) is 13.0. The van der Waals surface area contributed by atoms with Gasteiger partial charge in [-0.1, -0.05) is 43.5 Å². The molecule has 33 heavy (non-hydrogen) atoms. The lowest BCUT2D eigenvalue weighted by molar-refractivity contribution is -0.137. The number of imide groups is 1. The third-order valence-corrected chi connectivity index (χ3v) is 5.47. The molecule has 0 atom stereocenters. The number of unbranched alkanes of at least 4 members (excludes halogenated alkanes) is 7. The van der Waals surface area contributed by atoms with Gasteiger partial charge in [0.1, 0.15) is 0 Å². The number of allylic oxidation sites excluding steroid dienone is 2. The van der Waals surface area contributed by atoms with Crippen LogP contribution < -0.4 is 11.1 Å². The first kappa shape index (κ1) is 26.3. The summed E-state index contributed by atoms with van der Waals surface area (Å²) in [5, 5.41) is 2.47. The summed E-state index contributed by atoms with van der Waals surface area (Å²) in [7, 11) is 0. The molecule has 0 radical (unpaired) electrons. The SMILES string of the molecule is NC(=O)C(=O)NCCCC/C=C\CCCCCCCOCCN1C(=O)c2ccccc2C1=O. The van der Waals surface area contributed by atoms with Crippen LogP contribution in [0.3, 0.4) is 0 Å². The van der Waals surface area contributed by atoms with Gasteiger partial charge in [0, 0.05) is 13.2 Å². The second-order valence-electron chi connectivity index (χ2n) is 8.06. The molecule has 1 aliphatic heterocycles. The van der Waals surface area contributed by atoms with Gasteiger partial charge in [-0.15, -0.1) is 0 Å². The zero-order valence-corrected chi connectivity index (χ0v) is 19.2. The Morgan fingerprint density at radius 1 is 0.848 bits per heavy atom. The van der Waals surface area contributed by atoms with Gasteiger partial charge in [0.25, 0.3) is 11.8 Å². The molecule has 0 saturated heterocycles. The van der Waals surface area contributed by atoms with Crippen molar-refractivity contribution < 1.29 is 23.9 Å². The van der Waals surface area contributed by atoms with Crippen molar-refractivity contribution in [2.75, 3.05) is 26.3 Å². The lowest BCUT2D eigenvalue weighted by Crippen LogP contribution is -2.36. The number of primary amides is 1. The minimum absolute atomic E-state index is 0.234. The van der Waals surface area contributed by atoms with Crippen LogP contribution in [0, 0.1) is 0 Å². The van der Waals surface area contributed by atoms with E-state index in [1.807, 2.05) is 0 Å². The average Bonchev–Trinajstić information content (AvgIpc) is 3.05. The number of benzene rings is 1. The monoisotopic (exact) mass is 457 g/mol.